The summed E-state index contributed by atoms with van der Waals surface area (Å²) in [5, 5.41) is 3.26. The maximum Gasteiger partial charge on any atom is 0.138 e. The average Bonchev–Trinajstić information content (AvgIpc) is 2.02. The Morgan fingerprint density at radius 2 is 2.23 bits per heavy atom. The summed E-state index contributed by atoms with van der Waals surface area (Å²) in [5.74, 6) is -0.818. The Morgan fingerprint density at radius 3 is 2.69 bits per heavy atom. The maximum atomic E-state index is 6.04. The van der Waals surface area contributed by atoms with Crippen molar-refractivity contribution in [2.45, 2.75) is 31.7 Å². The number of hydrogen-bond acceptors (Lipinski definition) is 5. The molecule has 0 aromatic carbocycles. The molecular formula is C8H21N5. The Labute approximate surface area is 79.6 Å². The number of rotatable bonds is 2. The summed E-state index contributed by atoms with van der Waals surface area (Å²) in [6.45, 7) is 6.62. The quantitative estimate of drug-likeness (QED) is 0.383. The van der Waals surface area contributed by atoms with Crippen LogP contribution in [-0.2, 0) is 0 Å². The Bertz CT molecular complexity index is 168. The van der Waals surface area contributed by atoms with Gasteiger partial charge in [-0.25, -0.2) is 0 Å². The number of nitrogens with one attached hydrogen (secondary N) is 1. The molecule has 78 valence electrons. The van der Waals surface area contributed by atoms with Gasteiger partial charge in [0.1, 0.15) is 5.79 Å². The zero-order valence-corrected chi connectivity index (χ0v) is 8.46. The maximum absolute atomic E-state index is 6.04. The lowest BCUT2D eigenvalue weighted by Crippen LogP contribution is -2.80. The van der Waals surface area contributed by atoms with Gasteiger partial charge < -0.3 is 11.1 Å². The van der Waals surface area contributed by atoms with E-state index in [1.807, 2.05) is 6.92 Å². The van der Waals surface area contributed by atoms with E-state index in [0.717, 1.165) is 19.6 Å². The van der Waals surface area contributed by atoms with Gasteiger partial charge in [0.15, 0.2) is 0 Å². The molecule has 0 radical (unpaired) electrons. The van der Waals surface area contributed by atoms with Crippen LogP contribution in [0.25, 0.3) is 0 Å². The van der Waals surface area contributed by atoms with E-state index in [4.69, 9.17) is 17.2 Å². The van der Waals surface area contributed by atoms with Gasteiger partial charge in [0.05, 0.1) is 6.04 Å². The second kappa shape index (κ2) is 3.89. The number of hydrogen-bond donors (Lipinski definition) is 4. The zero-order chi connectivity index (χ0) is 10.1. The molecule has 1 fully saturated rings. The van der Waals surface area contributed by atoms with Crippen molar-refractivity contribution in [3.05, 3.63) is 0 Å². The molecule has 1 saturated heterocycles. The first-order valence-electron chi connectivity index (χ1n) is 4.82. The van der Waals surface area contributed by atoms with E-state index in [0.29, 0.717) is 0 Å². The van der Waals surface area contributed by atoms with E-state index in [-0.39, 0.29) is 12.1 Å². The second-order valence-electron chi connectivity index (χ2n) is 3.76. The zero-order valence-electron chi connectivity index (χ0n) is 8.46. The van der Waals surface area contributed by atoms with Crippen molar-refractivity contribution < 1.29 is 0 Å². The first-order valence-corrected chi connectivity index (χ1v) is 4.82. The predicted molar refractivity (Wildman–Crippen MR) is 53.8 cm³/mol. The molecule has 0 amide bonds. The number of nitrogens with two attached hydrogens (primary N) is 3. The lowest BCUT2D eigenvalue weighted by Gasteiger charge is -2.48. The van der Waals surface area contributed by atoms with Crippen molar-refractivity contribution in [3.63, 3.8) is 0 Å². The third-order valence-electron chi connectivity index (χ3n) is 2.70. The Morgan fingerprint density at radius 1 is 1.62 bits per heavy atom. The van der Waals surface area contributed by atoms with Gasteiger partial charge in [-0.1, -0.05) is 6.92 Å². The predicted octanol–water partition coefficient (Wildman–Crippen LogP) is -1.80. The molecule has 7 N–H and O–H groups in total. The summed E-state index contributed by atoms with van der Waals surface area (Å²) in [6.07, 6.45) is 0. The van der Waals surface area contributed by atoms with Gasteiger partial charge >= 0.3 is 0 Å². The molecule has 1 rings (SSSR count). The molecule has 1 aliphatic heterocycles. The smallest absolute Gasteiger partial charge is 0.138 e. The van der Waals surface area contributed by atoms with Crippen LogP contribution < -0.4 is 22.5 Å². The third kappa shape index (κ3) is 2.00. The van der Waals surface area contributed by atoms with Gasteiger partial charge in [-0.3, -0.25) is 16.4 Å². The van der Waals surface area contributed by atoms with E-state index in [2.05, 4.69) is 17.1 Å². The lowest BCUT2D eigenvalue weighted by molar-refractivity contribution is 0.0254. The Balaban J connectivity index is 2.74. The van der Waals surface area contributed by atoms with E-state index >= 15 is 0 Å². The molecular weight excluding hydrogens is 166 g/mol. The first kappa shape index (κ1) is 10.9. The van der Waals surface area contributed by atoms with Gasteiger partial charge in [0, 0.05) is 19.1 Å². The molecule has 1 aliphatic rings. The summed E-state index contributed by atoms with van der Waals surface area (Å²) in [6, 6.07) is -0.0782. The molecule has 1 heterocycles. The van der Waals surface area contributed by atoms with Crippen LogP contribution in [-0.4, -0.2) is 42.4 Å². The van der Waals surface area contributed by atoms with Crippen LogP contribution in [0.5, 0.6) is 0 Å². The van der Waals surface area contributed by atoms with E-state index in [1.165, 1.54) is 0 Å². The van der Waals surface area contributed by atoms with Crippen molar-refractivity contribution in [1.82, 2.24) is 10.2 Å². The van der Waals surface area contributed by atoms with Crippen LogP contribution in [0, 0.1) is 0 Å². The SMILES string of the molecule is CCN1CCNC(C(C)N)C1(N)N. The van der Waals surface area contributed by atoms with E-state index in [9.17, 15) is 0 Å². The van der Waals surface area contributed by atoms with Crippen molar-refractivity contribution >= 4 is 0 Å². The largest absolute Gasteiger partial charge is 0.326 e. The molecule has 2 unspecified atom stereocenters. The van der Waals surface area contributed by atoms with Crippen molar-refractivity contribution in [3.8, 4) is 0 Å². The topological polar surface area (TPSA) is 93.3 Å². The molecule has 2 atom stereocenters. The van der Waals surface area contributed by atoms with Crippen LogP contribution in [0.15, 0.2) is 0 Å². The highest BCUT2D eigenvalue weighted by Crippen LogP contribution is 2.13. The minimum Gasteiger partial charge on any atom is -0.326 e. The standard InChI is InChI=1S/C8H21N5/c1-3-13-5-4-12-7(6(2)9)8(13,10)11/h6-7,12H,3-5,9-11H2,1-2H3. The molecule has 5 nitrogen and oxygen atoms in total. The van der Waals surface area contributed by atoms with Crippen LogP contribution in [0.2, 0.25) is 0 Å². The minimum absolute atomic E-state index is 0.0376. The summed E-state index contributed by atoms with van der Waals surface area (Å²) < 4.78 is 0. The highest BCUT2D eigenvalue weighted by atomic mass is 15.4. The molecule has 5 heteroatoms. The molecule has 0 saturated carbocycles. The lowest BCUT2D eigenvalue weighted by atomic mass is 9.99. The highest BCUT2D eigenvalue weighted by Gasteiger charge is 2.40. The van der Waals surface area contributed by atoms with Crippen molar-refractivity contribution in [2.24, 2.45) is 17.2 Å². The molecule has 0 bridgehead atoms. The van der Waals surface area contributed by atoms with Gasteiger partial charge in [-0.05, 0) is 13.5 Å². The fraction of sp³-hybridized carbons (Fsp3) is 1.00. The molecule has 0 aliphatic carbocycles. The normalized spacial score (nSPS) is 31.6. The number of piperazine rings is 1. The van der Waals surface area contributed by atoms with Gasteiger partial charge in [0.2, 0.25) is 0 Å². The van der Waals surface area contributed by atoms with Crippen LogP contribution in [0.3, 0.4) is 0 Å². The number of nitrogens with zero attached hydrogens (tertiary/aromatic N) is 1. The summed E-state index contributed by atoms with van der Waals surface area (Å²) in [5.41, 5.74) is 17.9. The monoisotopic (exact) mass is 187 g/mol. The van der Waals surface area contributed by atoms with Crippen LogP contribution >= 0.6 is 0 Å². The Kier molecular flexibility index (Phi) is 3.26. The van der Waals surface area contributed by atoms with E-state index in [1.54, 1.807) is 0 Å². The molecule has 0 aromatic heterocycles. The van der Waals surface area contributed by atoms with Gasteiger partial charge in [-0.2, -0.15) is 0 Å². The van der Waals surface area contributed by atoms with E-state index < -0.39 is 5.79 Å². The number of likely N-dealkylation sites (N-methyl/N-ethyl adjacent to an activating group) is 1. The van der Waals surface area contributed by atoms with Crippen LogP contribution in [0.4, 0.5) is 0 Å². The second-order valence-corrected chi connectivity index (χ2v) is 3.76. The van der Waals surface area contributed by atoms with Crippen LogP contribution in [0.1, 0.15) is 13.8 Å². The average molecular weight is 187 g/mol. The molecule has 0 aromatic rings. The van der Waals surface area contributed by atoms with Crippen molar-refractivity contribution in [1.29, 1.82) is 0 Å². The first-order chi connectivity index (χ1) is 6.00. The van der Waals surface area contributed by atoms with Gasteiger partial charge in [-0.15, -0.1) is 0 Å². The molecule has 13 heavy (non-hydrogen) atoms. The summed E-state index contributed by atoms with van der Waals surface area (Å²) >= 11 is 0. The highest BCUT2D eigenvalue weighted by molar-refractivity contribution is 4.98. The third-order valence-corrected chi connectivity index (χ3v) is 2.70. The molecule has 0 spiro atoms. The summed E-state index contributed by atoms with van der Waals surface area (Å²) in [7, 11) is 0. The van der Waals surface area contributed by atoms with Gasteiger partial charge in [0.25, 0.3) is 0 Å². The van der Waals surface area contributed by atoms with Crippen molar-refractivity contribution in [2.75, 3.05) is 19.6 Å². The fourth-order valence-electron chi connectivity index (χ4n) is 1.95. The Hall–Kier alpha value is -0.200. The summed E-state index contributed by atoms with van der Waals surface area (Å²) in [4.78, 5) is 2.05. The fourth-order valence-corrected chi connectivity index (χ4v) is 1.95. The minimum atomic E-state index is -0.818.